The van der Waals surface area contributed by atoms with Crippen LogP contribution in [0.3, 0.4) is 0 Å². The maximum absolute atomic E-state index is 11.1. The maximum atomic E-state index is 11.1. The molecule has 0 radical (unpaired) electrons. The Morgan fingerprint density at radius 2 is 2.08 bits per heavy atom. The first kappa shape index (κ1) is 14.0. The van der Waals surface area contributed by atoms with Gasteiger partial charge in [-0.15, -0.1) is 0 Å². The molecule has 0 spiro atoms. The van der Waals surface area contributed by atoms with E-state index < -0.39 is 11.1 Å². The highest BCUT2D eigenvalue weighted by Crippen LogP contribution is 2.37. The number of phenolic OH excluding ortho intramolecular Hbond substituents is 1. The second-order valence-electron chi connectivity index (χ2n) is 5.31. The van der Waals surface area contributed by atoms with Crippen LogP contribution in [0.2, 0.25) is 0 Å². The van der Waals surface area contributed by atoms with Crippen LogP contribution in [0.1, 0.15) is 11.7 Å². The van der Waals surface area contributed by atoms with Crippen molar-refractivity contribution in [3.8, 4) is 5.75 Å². The van der Waals surface area contributed by atoms with Gasteiger partial charge in [-0.1, -0.05) is 12.1 Å². The lowest BCUT2D eigenvalue weighted by atomic mass is 10.1. The van der Waals surface area contributed by atoms with Gasteiger partial charge in [0, 0.05) is 17.7 Å². The molecule has 2 heterocycles. The van der Waals surface area contributed by atoms with E-state index in [0.717, 1.165) is 11.0 Å². The number of nitro benzene ring substituents is 1. The Morgan fingerprint density at radius 3 is 2.88 bits per heavy atom. The van der Waals surface area contributed by atoms with Gasteiger partial charge in [0.25, 0.3) is 5.69 Å². The lowest BCUT2D eigenvalue weighted by molar-refractivity contribution is -0.385. The standard InChI is InChI=1S/C15H12N6O3/c16-14-18-13(9-7-8(21(23)24)5-6-12(9)22)20-11-4-2-1-3-10(11)17-15(20)19-14/h1-7,13,22H,(H3,16,17,18,19)/t13-/m0/s1. The molecule has 3 aromatic rings. The number of aromatic nitrogens is 2. The summed E-state index contributed by atoms with van der Waals surface area (Å²) in [5, 5.41) is 24.1. The first-order valence-electron chi connectivity index (χ1n) is 7.09. The maximum Gasteiger partial charge on any atom is 0.270 e. The number of hydrogen-bond acceptors (Lipinski definition) is 7. The Bertz CT molecular complexity index is 1010. The molecule has 0 fully saturated rings. The zero-order chi connectivity index (χ0) is 16.8. The second-order valence-corrected chi connectivity index (χ2v) is 5.31. The van der Waals surface area contributed by atoms with E-state index in [1.807, 2.05) is 24.3 Å². The highest BCUT2D eigenvalue weighted by Gasteiger charge is 2.28. The summed E-state index contributed by atoms with van der Waals surface area (Å²) < 4.78 is 1.74. The van der Waals surface area contributed by atoms with Gasteiger partial charge in [0.1, 0.15) is 5.75 Å². The SMILES string of the molecule is NC1=N[C@H](c2cc([N+](=O)[O-])ccc2O)n2c(nc3ccccc32)N1. The molecule has 2 aromatic carbocycles. The molecule has 1 aliphatic rings. The number of non-ortho nitro benzene ring substituents is 1. The van der Waals surface area contributed by atoms with Gasteiger partial charge in [-0.25, -0.2) is 9.98 Å². The van der Waals surface area contributed by atoms with Crippen LogP contribution in [0.4, 0.5) is 11.6 Å². The van der Waals surface area contributed by atoms with E-state index in [0.29, 0.717) is 5.95 Å². The predicted molar refractivity (Wildman–Crippen MR) is 87.9 cm³/mol. The number of nitro groups is 1. The minimum Gasteiger partial charge on any atom is -0.508 e. The zero-order valence-corrected chi connectivity index (χ0v) is 12.2. The fraction of sp³-hybridized carbons (Fsp3) is 0.0667. The lowest BCUT2D eigenvalue weighted by Gasteiger charge is -2.24. The van der Waals surface area contributed by atoms with Gasteiger partial charge in [-0.05, 0) is 18.2 Å². The van der Waals surface area contributed by atoms with E-state index in [9.17, 15) is 15.2 Å². The first-order chi connectivity index (χ1) is 11.5. The van der Waals surface area contributed by atoms with Crippen molar-refractivity contribution >= 4 is 28.6 Å². The first-order valence-corrected chi connectivity index (χ1v) is 7.09. The van der Waals surface area contributed by atoms with Crippen molar-refractivity contribution < 1.29 is 10.0 Å². The van der Waals surface area contributed by atoms with Crippen LogP contribution in [0, 0.1) is 10.1 Å². The molecule has 0 saturated carbocycles. The lowest BCUT2D eigenvalue weighted by Crippen LogP contribution is -2.31. The molecule has 0 unspecified atom stereocenters. The summed E-state index contributed by atoms with van der Waals surface area (Å²) in [7, 11) is 0. The smallest absolute Gasteiger partial charge is 0.270 e. The third-order valence-corrected chi connectivity index (χ3v) is 3.84. The van der Waals surface area contributed by atoms with E-state index in [2.05, 4.69) is 15.3 Å². The Labute approximate surface area is 135 Å². The molecule has 1 atom stereocenters. The molecule has 24 heavy (non-hydrogen) atoms. The van der Waals surface area contributed by atoms with Crippen molar-refractivity contribution in [2.75, 3.05) is 5.32 Å². The van der Waals surface area contributed by atoms with Gasteiger partial charge >= 0.3 is 0 Å². The minimum atomic E-state index is -0.756. The summed E-state index contributed by atoms with van der Waals surface area (Å²) in [5.74, 6) is 0.473. The van der Waals surface area contributed by atoms with Crippen molar-refractivity contribution in [2.45, 2.75) is 6.17 Å². The third-order valence-electron chi connectivity index (χ3n) is 3.84. The Hall–Kier alpha value is -3.62. The summed E-state index contributed by atoms with van der Waals surface area (Å²) in [4.78, 5) is 19.3. The van der Waals surface area contributed by atoms with Crippen LogP contribution in [-0.2, 0) is 0 Å². The number of benzene rings is 2. The largest absolute Gasteiger partial charge is 0.508 e. The highest BCUT2D eigenvalue weighted by molar-refractivity contribution is 5.94. The molecule has 0 bridgehead atoms. The fourth-order valence-electron chi connectivity index (χ4n) is 2.79. The van der Waals surface area contributed by atoms with Crippen molar-refractivity contribution in [3.63, 3.8) is 0 Å². The molecule has 0 amide bonds. The van der Waals surface area contributed by atoms with Crippen molar-refractivity contribution in [2.24, 2.45) is 10.7 Å². The quantitative estimate of drug-likeness (QED) is 0.487. The fourth-order valence-corrected chi connectivity index (χ4v) is 2.79. The molecule has 4 N–H and O–H groups in total. The number of aromatic hydroxyl groups is 1. The van der Waals surface area contributed by atoms with E-state index >= 15 is 0 Å². The number of nitrogens with two attached hydrogens (primary N) is 1. The molecular weight excluding hydrogens is 312 g/mol. The predicted octanol–water partition coefficient (Wildman–Crippen LogP) is 1.94. The average Bonchev–Trinajstić information content (AvgIpc) is 2.92. The molecule has 1 aromatic heterocycles. The van der Waals surface area contributed by atoms with Crippen LogP contribution in [-0.4, -0.2) is 25.5 Å². The number of aliphatic imine (C=N–C) groups is 1. The number of hydrogen-bond donors (Lipinski definition) is 3. The average molecular weight is 324 g/mol. The summed E-state index contributed by atoms with van der Waals surface area (Å²) in [6.45, 7) is 0. The number of nitrogens with one attached hydrogen (secondary N) is 1. The Balaban J connectivity index is 1.97. The highest BCUT2D eigenvalue weighted by atomic mass is 16.6. The monoisotopic (exact) mass is 324 g/mol. The number of guanidine groups is 1. The number of phenols is 1. The zero-order valence-electron chi connectivity index (χ0n) is 12.2. The Kier molecular flexibility index (Phi) is 2.89. The van der Waals surface area contributed by atoms with Crippen LogP contribution in [0.5, 0.6) is 5.75 Å². The topological polar surface area (TPSA) is 132 Å². The van der Waals surface area contributed by atoms with Crippen molar-refractivity contribution in [1.29, 1.82) is 0 Å². The molecule has 1 aliphatic heterocycles. The molecule has 4 rings (SSSR count). The molecule has 9 heteroatoms. The number of nitrogens with zero attached hydrogens (tertiary/aromatic N) is 4. The molecule has 120 valence electrons. The summed E-state index contributed by atoms with van der Waals surface area (Å²) >= 11 is 0. The van der Waals surface area contributed by atoms with Gasteiger partial charge in [0.05, 0.1) is 16.0 Å². The van der Waals surface area contributed by atoms with Gasteiger partial charge in [-0.2, -0.15) is 0 Å². The van der Waals surface area contributed by atoms with Crippen LogP contribution in [0.25, 0.3) is 11.0 Å². The van der Waals surface area contributed by atoms with Gasteiger partial charge in [0.15, 0.2) is 12.1 Å². The number of rotatable bonds is 2. The number of para-hydroxylation sites is 2. The number of imidazole rings is 1. The Morgan fingerprint density at radius 1 is 1.29 bits per heavy atom. The normalized spacial score (nSPS) is 16.3. The van der Waals surface area contributed by atoms with E-state index in [1.54, 1.807) is 4.57 Å². The number of fused-ring (bicyclic) bond motifs is 3. The molecule has 0 saturated heterocycles. The molecule has 9 nitrogen and oxygen atoms in total. The minimum absolute atomic E-state index is 0.104. The van der Waals surface area contributed by atoms with Crippen molar-refractivity contribution in [3.05, 3.63) is 58.1 Å². The van der Waals surface area contributed by atoms with E-state index in [4.69, 9.17) is 5.73 Å². The van der Waals surface area contributed by atoms with Gasteiger partial charge < -0.3 is 10.8 Å². The summed E-state index contributed by atoms with van der Waals surface area (Å²) in [6.07, 6.45) is -0.756. The molecular formula is C15H12N6O3. The van der Waals surface area contributed by atoms with Gasteiger partial charge in [-0.3, -0.25) is 20.0 Å². The van der Waals surface area contributed by atoms with Crippen molar-refractivity contribution in [1.82, 2.24) is 9.55 Å². The van der Waals surface area contributed by atoms with Crippen LogP contribution in [0.15, 0.2) is 47.5 Å². The summed E-state index contributed by atoms with van der Waals surface area (Å²) in [6, 6.07) is 11.2. The van der Waals surface area contributed by atoms with E-state index in [1.165, 1.54) is 18.2 Å². The second kappa shape index (κ2) is 4.95. The van der Waals surface area contributed by atoms with Gasteiger partial charge in [0.2, 0.25) is 5.95 Å². The number of anilines is 1. The molecule has 0 aliphatic carbocycles. The van der Waals surface area contributed by atoms with Crippen LogP contribution < -0.4 is 11.1 Å². The van der Waals surface area contributed by atoms with Crippen LogP contribution >= 0.6 is 0 Å². The summed E-state index contributed by atoms with van der Waals surface area (Å²) in [5.41, 5.74) is 7.45. The van der Waals surface area contributed by atoms with E-state index in [-0.39, 0.29) is 23.0 Å². The third kappa shape index (κ3) is 2.02.